The van der Waals surface area contributed by atoms with Gasteiger partial charge in [0.05, 0.1) is 0 Å². The molecule has 19 heavy (non-hydrogen) atoms. The van der Waals surface area contributed by atoms with E-state index in [-0.39, 0.29) is 18.3 Å². The van der Waals surface area contributed by atoms with Crippen LogP contribution in [-0.2, 0) is 4.79 Å². The third-order valence-corrected chi connectivity index (χ3v) is 2.54. The number of rotatable bonds is 4. The molecule has 2 aromatic rings. The Morgan fingerprint density at radius 1 is 1.11 bits per heavy atom. The molecule has 4 nitrogen and oxygen atoms in total. The fourth-order valence-electron chi connectivity index (χ4n) is 1.53. The predicted octanol–water partition coefficient (Wildman–Crippen LogP) is 2.72. The van der Waals surface area contributed by atoms with Gasteiger partial charge in [-0.05, 0) is 43.3 Å². The summed E-state index contributed by atoms with van der Waals surface area (Å²) < 4.78 is 5.30. The van der Waals surface area contributed by atoms with Gasteiger partial charge >= 0.3 is 0 Å². The van der Waals surface area contributed by atoms with Crippen molar-refractivity contribution in [2.75, 3.05) is 11.9 Å². The van der Waals surface area contributed by atoms with Crippen molar-refractivity contribution in [3.05, 3.63) is 54.1 Å². The van der Waals surface area contributed by atoms with Crippen LogP contribution in [0.3, 0.4) is 0 Å². The normalized spacial score (nSPS) is 9.95. The fraction of sp³-hybridized carbons (Fsp3) is 0.133. The Morgan fingerprint density at radius 3 is 2.37 bits per heavy atom. The fourth-order valence-corrected chi connectivity index (χ4v) is 1.53. The van der Waals surface area contributed by atoms with E-state index < -0.39 is 0 Å². The minimum Gasteiger partial charge on any atom is -0.508 e. The van der Waals surface area contributed by atoms with Crippen molar-refractivity contribution >= 4 is 11.6 Å². The zero-order valence-electron chi connectivity index (χ0n) is 10.6. The van der Waals surface area contributed by atoms with Gasteiger partial charge < -0.3 is 15.2 Å². The SMILES string of the molecule is Cc1ccc(NC(=O)COc2ccc(O)cc2)cc1. The van der Waals surface area contributed by atoms with Gasteiger partial charge in [0.25, 0.3) is 5.91 Å². The smallest absolute Gasteiger partial charge is 0.262 e. The highest BCUT2D eigenvalue weighted by Crippen LogP contribution is 2.16. The minimum atomic E-state index is -0.225. The van der Waals surface area contributed by atoms with E-state index in [0.717, 1.165) is 11.3 Å². The lowest BCUT2D eigenvalue weighted by Crippen LogP contribution is -2.20. The number of ether oxygens (including phenoxy) is 1. The molecule has 2 aromatic carbocycles. The first kappa shape index (κ1) is 13.0. The van der Waals surface area contributed by atoms with Crippen LogP contribution >= 0.6 is 0 Å². The molecule has 98 valence electrons. The van der Waals surface area contributed by atoms with E-state index in [1.165, 1.54) is 12.1 Å². The Balaban J connectivity index is 1.84. The quantitative estimate of drug-likeness (QED) is 0.885. The zero-order chi connectivity index (χ0) is 13.7. The number of carbonyl (C=O) groups excluding carboxylic acids is 1. The van der Waals surface area contributed by atoms with Gasteiger partial charge in [-0.15, -0.1) is 0 Å². The van der Waals surface area contributed by atoms with Crippen LogP contribution in [0.25, 0.3) is 0 Å². The molecule has 2 rings (SSSR count). The van der Waals surface area contributed by atoms with Crippen molar-refractivity contribution in [3.8, 4) is 11.5 Å². The Morgan fingerprint density at radius 2 is 1.74 bits per heavy atom. The van der Waals surface area contributed by atoms with Crippen LogP contribution in [0.5, 0.6) is 11.5 Å². The third kappa shape index (κ3) is 4.03. The molecule has 0 saturated carbocycles. The first-order chi connectivity index (χ1) is 9.13. The predicted molar refractivity (Wildman–Crippen MR) is 73.4 cm³/mol. The van der Waals surface area contributed by atoms with E-state index >= 15 is 0 Å². The molecule has 0 aliphatic carbocycles. The number of anilines is 1. The second-order valence-corrected chi connectivity index (χ2v) is 4.20. The summed E-state index contributed by atoms with van der Waals surface area (Å²) in [7, 11) is 0. The number of phenols is 1. The number of aryl methyl sites for hydroxylation is 1. The highest BCUT2D eigenvalue weighted by molar-refractivity contribution is 5.91. The van der Waals surface area contributed by atoms with E-state index in [9.17, 15) is 4.79 Å². The van der Waals surface area contributed by atoms with Crippen molar-refractivity contribution in [3.63, 3.8) is 0 Å². The maximum atomic E-state index is 11.7. The van der Waals surface area contributed by atoms with Gasteiger partial charge in [0.15, 0.2) is 6.61 Å². The van der Waals surface area contributed by atoms with Crippen LogP contribution in [0.1, 0.15) is 5.56 Å². The lowest BCUT2D eigenvalue weighted by molar-refractivity contribution is -0.118. The lowest BCUT2D eigenvalue weighted by Gasteiger charge is -2.07. The van der Waals surface area contributed by atoms with Crippen LogP contribution in [0.2, 0.25) is 0 Å². The molecular weight excluding hydrogens is 242 g/mol. The number of nitrogens with one attached hydrogen (secondary N) is 1. The summed E-state index contributed by atoms with van der Waals surface area (Å²) in [6.45, 7) is 1.91. The molecule has 0 fully saturated rings. The maximum absolute atomic E-state index is 11.7. The van der Waals surface area contributed by atoms with Crippen LogP contribution in [0.4, 0.5) is 5.69 Å². The van der Waals surface area contributed by atoms with E-state index in [1.807, 2.05) is 31.2 Å². The largest absolute Gasteiger partial charge is 0.508 e. The van der Waals surface area contributed by atoms with Crippen LogP contribution in [0.15, 0.2) is 48.5 Å². The van der Waals surface area contributed by atoms with Gasteiger partial charge in [0.1, 0.15) is 11.5 Å². The highest BCUT2D eigenvalue weighted by Gasteiger charge is 2.03. The number of amides is 1. The van der Waals surface area contributed by atoms with Gasteiger partial charge in [-0.25, -0.2) is 0 Å². The van der Waals surface area contributed by atoms with E-state index in [4.69, 9.17) is 9.84 Å². The van der Waals surface area contributed by atoms with Crippen molar-refractivity contribution in [1.82, 2.24) is 0 Å². The van der Waals surface area contributed by atoms with Crippen LogP contribution in [-0.4, -0.2) is 17.6 Å². The Kier molecular flexibility index (Phi) is 4.03. The molecule has 0 radical (unpaired) electrons. The topological polar surface area (TPSA) is 58.6 Å². The van der Waals surface area contributed by atoms with Gasteiger partial charge in [-0.1, -0.05) is 17.7 Å². The number of benzene rings is 2. The number of aromatic hydroxyl groups is 1. The van der Waals surface area contributed by atoms with Crippen molar-refractivity contribution in [2.24, 2.45) is 0 Å². The van der Waals surface area contributed by atoms with E-state index in [0.29, 0.717) is 5.75 Å². The first-order valence-electron chi connectivity index (χ1n) is 5.92. The summed E-state index contributed by atoms with van der Waals surface area (Å²) in [6, 6.07) is 13.8. The van der Waals surface area contributed by atoms with E-state index in [2.05, 4.69) is 5.32 Å². The highest BCUT2D eigenvalue weighted by atomic mass is 16.5. The van der Waals surface area contributed by atoms with E-state index in [1.54, 1.807) is 12.1 Å². The minimum absolute atomic E-state index is 0.0708. The summed E-state index contributed by atoms with van der Waals surface area (Å²) >= 11 is 0. The average molecular weight is 257 g/mol. The molecule has 0 spiro atoms. The average Bonchev–Trinajstić information content (AvgIpc) is 2.41. The van der Waals surface area contributed by atoms with Crippen molar-refractivity contribution in [1.29, 1.82) is 0 Å². The molecule has 0 aliphatic rings. The molecule has 4 heteroatoms. The monoisotopic (exact) mass is 257 g/mol. The number of phenolic OH excluding ortho intramolecular Hbond substituents is 1. The number of hydrogen-bond donors (Lipinski definition) is 2. The summed E-state index contributed by atoms with van der Waals surface area (Å²) in [5.41, 5.74) is 1.88. The van der Waals surface area contributed by atoms with Crippen molar-refractivity contribution in [2.45, 2.75) is 6.92 Å². The molecule has 0 bridgehead atoms. The Hall–Kier alpha value is -2.49. The molecule has 0 saturated heterocycles. The molecule has 0 unspecified atom stereocenters. The second kappa shape index (κ2) is 5.91. The zero-order valence-corrected chi connectivity index (χ0v) is 10.6. The lowest BCUT2D eigenvalue weighted by atomic mass is 10.2. The third-order valence-electron chi connectivity index (χ3n) is 2.54. The maximum Gasteiger partial charge on any atom is 0.262 e. The first-order valence-corrected chi connectivity index (χ1v) is 5.92. The molecule has 0 atom stereocenters. The van der Waals surface area contributed by atoms with Gasteiger partial charge in [-0.3, -0.25) is 4.79 Å². The van der Waals surface area contributed by atoms with Crippen LogP contribution in [0, 0.1) is 6.92 Å². The Labute approximate surface area is 111 Å². The summed E-state index contributed by atoms with van der Waals surface area (Å²) in [5, 5.41) is 11.9. The second-order valence-electron chi connectivity index (χ2n) is 4.20. The number of hydrogen-bond acceptors (Lipinski definition) is 3. The summed E-state index contributed by atoms with van der Waals surface area (Å²) in [5.74, 6) is 0.477. The molecular formula is C15H15NO3. The summed E-state index contributed by atoms with van der Waals surface area (Å²) in [4.78, 5) is 11.7. The molecule has 0 aromatic heterocycles. The molecule has 1 amide bonds. The van der Waals surface area contributed by atoms with Gasteiger partial charge in [0.2, 0.25) is 0 Å². The van der Waals surface area contributed by atoms with Gasteiger partial charge in [0, 0.05) is 5.69 Å². The van der Waals surface area contributed by atoms with Crippen molar-refractivity contribution < 1.29 is 14.6 Å². The standard InChI is InChI=1S/C15H15NO3/c1-11-2-4-12(5-3-11)16-15(18)10-19-14-8-6-13(17)7-9-14/h2-9,17H,10H2,1H3,(H,16,18). The van der Waals surface area contributed by atoms with Gasteiger partial charge in [-0.2, -0.15) is 0 Å². The molecule has 0 heterocycles. The molecule has 2 N–H and O–H groups in total. The summed E-state index contributed by atoms with van der Waals surface area (Å²) in [6.07, 6.45) is 0. The number of carbonyl (C=O) groups is 1. The Bertz CT molecular complexity index is 547. The molecule has 0 aliphatic heterocycles. The van der Waals surface area contributed by atoms with Crippen LogP contribution < -0.4 is 10.1 Å².